The van der Waals surface area contributed by atoms with E-state index < -0.39 is 0 Å². The number of nitrogens with two attached hydrogens (primary N) is 1. The highest BCUT2D eigenvalue weighted by Crippen LogP contribution is 2.05. The monoisotopic (exact) mass is 180 g/mol. The number of rotatable bonds is 4. The molecule has 0 aromatic heterocycles. The van der Waals surface area contributed by atoms with E-state index in [2.05, 4.69) is 19.3 Å². The summed E-state index contributed by atoms with van der Waals surface area (Å²) in [6.07, 6.45) is 2.57. The minimum Gasteiger partial charge on any atom is -0.294 e. The zero-order valence-electron chi connectivity index (χ0n) is 7.09. The van der Waals surface area contributed by atoms with E-state index in [1.807, 2.05) is 0 Å². The highest BCUT2D eigenvalue weighted by Gasteiger charge is 1.98. The molecule has 11 heavy (non-hydrogen) atoms. The first-order valence-corrected chi connectivity index (χ1v) is 3.66. The third kappa shape index (κ3) is 9.72. The Labute approximate surface area is 74.1 Å². The Bertz CT molecular complexity index is 107. The molecule has 0 aromatic carbocycles. The Hall–Kier alpha value is -0.280. The van der Waals surface area contributed by atoms with E-state index in [1.165, 1.54) is 0 Å². The standard InChI is InChI=1S/C7H16N2O.ClH/c1-6(2)4-3-5-7(10)9-8;/h6H,3-5,8H2,1-2H3,(H,9,10);1H. The molecular formula is C7H17ClN2O. The maximum absolute atomic E-state index is 10.6. The summed E-state index contributed by atoms with van der Waals surface area (Å²) in [4.78, 5) is 10.6. The number of carbonyl (C=O) groups excluding carboxylic acids is 1. The summed E-state index contributed by atoms with van der Waals surface area (Å²) < 4.78 is 0. The molecule has 0 aliphatic heterocycles. The van der Waals surface area contributed by atoms with Crippen LogP contribution in [0.15, 0.2) is 0 Å². The fourth-order valence-corrected chi connectivity index (χ4v) is 0.743. The summed E-state index contributed by atoms with van der Waals surface area (Å²) in [5, 5.41) is 0. The lowest BCUT2D eigenvalue weighted by Gasteiger charge is -2.02. The first kappa shape index (κ1) is 13.3. The van der Waals surface area contributed by atoms with Crippen molar-refractivity contribution in [3.05, 3.63) is 0 Å². The van der Waals surface area contributed by atoms with E-state index in [1.54, 1.807) is 0 Å². The van der Waals surface area contributed by atoms with Crippen LogP contribution in [-0.2, 0) is 4.79 Å². The number of nitrogens with one attached hydrogen (secondary N) is 1. The second kappa shape index (κ2) is 7.82. The van der Waals surface area contributed by atoms with Gasteiger partial charge in [-0.3, -0.25) is 10.2 Å². The fraction of sp³-hybridized carbons (Fsp3) is 0.857. The van der Waals surface area contributed by atoms with Gasteiger partial charge in [-0.25, -0.2) is 5.84 Å². The zero-order chi connectivity index (χ0) is 7.98. The smallest absolute Gasteiger partial charge is 0.233 e. The lowest BCUT2D eigenvalue weighted by molar-refractivity contribution is -0.121. The van der Waals surface area contributed by atoms with Crippen LogP contribution in [0.1, 0.15) is 33.1 Å². The number of hydrazine groups is 1. The number of hydrogen-bond donors (Lipinski definition) is 2. The zero-order valence-corrected chi connectivity index (χ0v) is 7.91. The van der Waals surface area contributed by atoms with E-state index in [9.17, 15) is 4.79 Å². The van der Waals surface area contributed by atoms with E-state index in [0.29, 0.717) is 12.3 Å². The quantitative estimate of drug-likeness (QED) is 0.389. The van der Waals surface area contributed by atoms with E-state index in [-0.39, 0.29) is 18.3 Å². The van der Waals surface area contributed by atoms with Gasteiger partial charge in [-0.2, -0.15) is 0 Å². The normalized spacial score (nSPS) is 9.09. The molecule has 0 saturated carbocycles. The molecule has 0 rings (SSSR count). The first-order chi connectivity index (χ1) is 4.66. The number of amides is 1. The van der Waals surface area contributed by atoms with Gasteiger partial charge in [0.05, 0.1) is 0 Å². The average Bonchev–Trinajstić information content (AvgIpc) is 1.87. The van der Waals surface area contributed by atoms with Crippen molar-refractivity contribution >= 4 is 18.3 Å². The third-order valence-electron chi connectivity index (χ3n) is 1.35. The molecule has 0 aliphatic carbocycles. The molecule has 0 aliphatic rings. The van der Waals surface area contributed by atoms with Gasteiger partial charge in [0.25, 0.3) is 0 Å². The molecule has 0 heterocycles. The van der Waals surface area contributed by atoms with Gasteiger partial charge in [-0.15, -0.1) is 12.4 Å². The van der Waals surface area contributed by atoms with Crippen molar-refractivity contribution < 1.29 is 4.79 Å². The number of carbonyl (C=O) groups is 1. The maximum Gasteiger partial charge on any atom is 0.233 e. The molecule has 0 aromatic rings. The molecule has 0 atom stereocenters. The molecule has 1 amide bonds. The summed E-state index contributed by atoms with van der Waals surface area (Å²) in [5.41, 5.74) is 2.10. The SMILES string of the molecule is CC(C)CCCC(=O)NN.Cl. The Balaban J connectivity index is 0. The topological polar surface area (TPSA) is 55.1 Å². The van der Waals surface area contributed by atoms with Crippen LogP contribution in [-0.4, -0.2) is 5.91 Å². The average molecular weight is 181 g/mol. The van der Waals surface area contributed by atoms with Crippen LogP contribution in [0.5, 0.6) is 0 Å². The van der Waals surface area contributed by atoms with Gasteiger partial charge in [0.2, 0.25) is 5.91 Å². The van der Waals surface area contributed by atoms with Gasteiger partial charge >= 0.3 is 0 Å². The van der Waals surface area contributed by atoms with Crippen molar-refractivity contribution in [3.63, 3.8) is 0 Å². The summed E-state index contributed by atoms with van der Waals surface area (Å²) in [6, 6.07) is 0. The molecular weight excluding hydrogens is 164 g/mol. The summed E-state index contributed by atoms with van der Waals surface area (Å²) in [6.45, 7) is 4.28. The molecule has 0 radical (unpaired) electrons. The predicted molar refractivity (Wildman–Crippen MR) is 48.3 cm³/mol. The molecule has 0 spiro atoms. The molecule has 0 fully saturated rings. The van der Waals surface area contributed by atoms with Crippen molar-refractivity contribution in [1.29, 1.82) is 0 Å². The minimum absolute atomic E-state index is 0. The van der Waals surface area contributed by atoms with Gasteiger partial charge in [0, 0.05) is 6.42 Å². The maximum atomic E-state index is 10.6. The van der Waals surface area contributed by atoms with Crippen LogP contribution < -0.4 is 11.3 Å². The van der Waals surface area contributed by atoms with Gasteiger partial charge in [-0.1, -0.05) is 20.3 Å². The van der Waals surface area contributed by atoms with Crippen molar-refractivity contribution in [2.75, 3.05) is 0 Å². The third-order valence-corrected chi connectivity index (χ3v) is 1.35. The van der Waals surface area contributed by atoms with Crippen molar-refractivity contribution in [2.45, 2.75) is 33.1 Å². The highest BCUT2D eigenvalue weighted by atomic mass is 35.5. The van der Waals surface area contributed by atoms with Crippen LogP contribution in [0.25, 0.3) is 0 Å². The van der Waals surface area contributed by atoms with Crippen LogP contribution in [0.4, 0.5) is 0 Å². The van der Waals surface area contributed by atoms with Gasteiger partial charge < -0.3 is 0 Å². The summed E-state index contributed by atoms with van der Waals surface area (Å²) in [5.74, 6) is 5.49. The van der Waals surface area contributed by atoms with E-state index in [0.717, 1.165) is 12.8 Å². The highest BCUT2D eigenvalue weighted by molar-refractivity contribution is 5.85. The van der Waals surface area contributed by atoms with Crippen LogP contribution in [0.2, 0.25) is 0 Å². The fourth-order valence-electron chi connectivity index (χ4n) is 0.743. The number of hydrogen-bond acceptors (Lipinski definition) is 2. The largest absolute Gasteiger partial charge is 0.294 e. The van der Waals surface area contributed by atoms with Gasteiger partial charge in [0.1, 0.15) is 0 Å². The van der Waals surface area contributed by atoms with Crippen molar-refractivity contribution in [3.8, 4) is 0 Å². The molecule has 0 bridgehead atoms. The van der Waals surface area contributed by atoms with E-state index in [4.69, 9.17) is 5.84 Å². The van der Waals surface area contributed by atoms with Gasteiger partial charge in [0.15, 0.2) is 0 Å². The molecule has 3 N–H and O–H groups in total. The Morgan fingerprint density at radius 1 is 1.55 bits per heavy atom. The lowest BCUT2D eigenvalue weighted by Crippen LogP contribution is -2.29. The Morgan fingerprint density at radius 3 is 2.45 bits per heavy atom. The molecule has 0 saturated heterocycles. The molecule has 0 unspecified atom stereocenters. The second-order valence-corrected chi connectivity index (χ2v) is 2.85. The van der Waals surface area contributed by atoms with Gasteiger partial charge in [-0.05, 0) is 12.3 Å². The Kier molecular flexibility index (Phi) is 9.47. The molecule has 3 nitrogen and oxygen atoms in total. The number of halogens is 1. The van der Waals surface area contributed by atoms with Crippen molar-refractivity contribution in [1.82, 2.24) is 5.43 Å². The van der Waals surface area contributed by atoms with Crippen molar-refractivity contribution in [2.24, 2.45) is 11.8 Å². The summed E-state index contributed by atoms with van der Waals surface area (Å²) >= 11 is 0. The first-order valence-electron chi connectivity index (χ1n) is 3.66. The molecule has 4 heteroatoms. The lowest BCUT2D eigenvalue weighted by atomic mass is 10.1. The van der Waals surface area contributed by atoms with Crippen LogP contribution in [0.3, 0.4) is 0 Å². The predicted octanol–water partition coefficient (Wildman–Crippen LogP) is 1.22. The van der Waals surface area contributed by atoms with E-state index >= 15 is 0 Å². The molecule has 68 valence electrons. The Morgan fingerprint density at radius 2 is 2.09 bits per heavy atom. The summed E-state index contributed by atoms with van der Waals surface area (Å²) in [7, 11) is 0. The second-order valence-electron chi connectivity index (χ2n) is 2.85. The van der Waals surface area contributed by atoms with Crippen LogP contribution >= 0.6 is 12.4 Å². The minimum atomic E-state index is -0.0688. The van der Waals surface area contributed by atoms with Crippen LogP contribution in [0, 0.1) is 5.92 Å².